The number of hydrogen-bond donors (Lipinski definition) is 1. The lowest BCUT2D eigenvalue weighted by molar-refractivity contribution is -0.385. The van der Waals surface area contributed by atoms with Crippen LogP contribution in [0.4, 0.5) is 48.3 Å². The molecule has 12 heteroatoms. The molecule has 0 aromatic rings. The number of hydrogen-bond acceptors (Lipinski definition) is 1. The molecule has 4 unspecified atom stereocenters. The molecule has 1 nitrogen and oxygen atoms in total. The number of halogens is 11. The fourth-order valence-corrected chi connectivity index (χ4v) is 3.35. The molecule has 2 aliphatic carbocycles. The van der Waals surface area contributed by atoms with Gasteiger partial charge in [-0.25, -0.2) is 8.78 Å². The molecule has 1 N–H and O–H groups in total. The summed E-state index contributed by atoms with van der Waals surface area (Å²) in [5.41, 5.74) is -15.4. The summed E-state index contributed by atoms with van der Waals surface area (Å²) in [7, 11) is 0. The van der Waals surface area contributed by atoms with Crippen LogP contribution in [-0.2, 0) is 0 Å². The van der Waals surface area contributed by atoms with Crippen LogP contribution in [-0.4, -0.2) is 40.6 Å². The van der Waals surface area contributed by atoms with Crippen LogP contribution in [0, 0.1) is 11.8 Å². The Bertz CT molecular complexity index is 531. The number of aliphatic hydroxyl groups is 1. The highest BCUT2D eigenvalue weighted by molar-refractivity contribution is 5.31. The summed E-state index contributed by atoms with van der Waals surface area (Å²) in [6.07, 6.45) is -22.1. The lowest BCUT2D eigenvalue weighted by Crippen LogP contribution is -2.67. The summed E-state index contributed by atoms with van der Waals surface area (Å²) in [6, 6.07) is 0. The minimum absolute atomic E-state index is 0.566. The maximum Gasteiger partial charge on any atom is 0.426 e. The number of allylic oxidation sites excluding steroid dienone is 2. The second-order valence-corrected chi connectivity index (χ2v) is 5.94. The van der Waals surface area contributed by atoms with Gasteiger partial charge in [-0.1, -0.05) is 12.2 Å². The van der Waals surface area contributed by atoms with E-state index in [1.54, 1.807) is 0 Å². The summed E-state index contributed by atoms with van der Waals surface area (Å²) in [6.45, 7) is 0. The van der Waals surface area contributed by atoms with E-state index in [0.717, 1.165) is 0 Å². The second-order valence-electron chi connectivity index (χ2n) is 5.94. The van der Waals surface area contributed by atoms with E-state index in [0.29, 0.717) is 12.2 Å². The molecule has 1 fully saturated rings. The van der Waals surface area contributed by atoms with Crippen LogP contribution in [0.3, 0.4) is 0 Å². The SMILES string of the molecule is OC(CC1(F)C2C=CC(C2)C1(F)C(F)(F)F)(C(F)(F)F)C(F)(F)F. The predicted molar refractivity (Wildman–Crippen MR) is 56.1 cm³/mol. The molecule has 0 spiro atoms. The molecular weight excluding hydrogens is 369 g/mol. The van der Waals surface area contributed by atoms with Crippen molar-refractivity contribution in [2.45, 2.75) is 48.3 Å². The van der Waals surface area contributed by atoms with E-state index in [2.05, 4.69) is 0 Å². The molecule has 2 bridgehead atoms. The largest absolute Gasteiger partial charge is 0.426 e. The second kappa shape index (κ2) is 4.76. The molecule has 24 heavy (non-hydrogen) atoms. The molecule has 0 saturated heterocycles. The van der Waals surface area contributed by atoms with Crippen molar-refractivity contribution in [3.63, 3.8) is 0 Å². The van der Waals surface area contributed by atoms with E-state index in [9.17, 15) is 48.3 Å². The first-order valence-corrected chi connectivity index (χ1v) is 6.40. The van der Waals surface area contributed by atoms with Crippen molar-refractivity contribution < 1.29 is 53.4 Å². The lowest BCUT2D eigenvalue weighted by atomic mass is 9.70. The van der Waals surface area contributed by atoms with Gasteiger partial charge in [-0.2, -0.15) is 39.5 Å². The smallest absolute Gasteiger partial charge is 0.374 e. The quantitative estimate of drug-likeness (QED) is 0.557. The van der Waals surface area contributed by atoms with Gasteiger partial charge >= 0.3 is 18.5 Å². The van der Waals surface area contributed by atoms with Gasteiger partial charge in [-0.05, 0) is 6.42 Å². The molecule has 0 amide bonds. The molecule has 2 aliphatic rings. The van der Waals surface area contributed by atoms with Gasteiger partial charge in [-0.15, -0.1) is 0 Å². The van der Waals surface area contributed by atoms with E-state index < -0.39 is 60.1 Å². The van der Waals surface area contributed by atoms with E-state index >= 15 is 0 Å². The first-order valence-electron chi connectivity index (χ1n) is 6.40. The van der Waals surface area contributed by atoms with Gasteiger partial charge in [0.1, 0.15) is 0 Å². The molecule has 0 aromatic carbocycles. The summed E-state index contributed by atoms with van der Waals surface area (Å²) >= 11 is 0. The van der Waals surface area contributed by atoms with Crippen LogP contribution in [0.2, 0.25) is 0 Å². The van der Waals surface area contributed by atoms with E-state index in [-0.39, 0.29) is 0 Å². The van der Waals surface area contributed by atoms with Gasteiger partial charge in [0.05, 0.1) is 0 Å². The Kier molecular flexibility index (Phi) is 3.82. The van der Waals surface area contributed by atoms with Crippen molar-refractivity contribution in [3.05, 3.63) is 12.2 Å². The third-order valence-corrected chi connectivity index (χ3v) is 4.65. The Morgan fingerprint density at radius 2 is 1.25 bits per heavy atom. The molecule has 0 aromatic heterocycles. The molecule has 1 saturated carbocycles. The highest BCUT2D eigenvalue weighted by atomic mass is 19.4. The van der Waals surface area contributed by atoms with Crippen LogP contribution in [0.1, 0.15) is 12.8 Å². The molecule has 140 valence electrons. The Labute approximate surface area is 127 Å². The highest BCUT2D eigenvalue weighted by Crippen LogP contribution is 2.66. The molecular formula is C12H9F11O. The van der Waals surface area contributed by atoms with E-state index in [1.165, 1.54) is 0 Å². The van der Waals surface area contributed by atoms with Crippen molar-refractivity contribution in [2.24, 2.45) is 11.8 Å². The maximum atomic E-state index is 14.8. The van der Waals surface area contributed by atoms with Crippen molar-refractivity contribution in [3.8, 4) is 0 Å². The zero-order chi connectivity index (χ0) is 19.0. The Balaban J connectivity index is 2.59. The summed E-state index contributed by atoms with van der Waals surface area (Å²) in [4.78, 5) is 0. The predicted octanol–water partition coefficient (Wildman–Crippen LogP) is 4.42. The van der Waals surface area contributed by atoms with Crippen molar-refractivity contribution in [2.75, 3.05) is 0 Å². The van der Waals surface area contributed by atoms with E-state index in [1.807, 2.05) is 0 Å². The first kappa shape index (κ1) is 19.3. The monoisotopic (exact) mass is 378 g/mol. The minimum Gasteiger partial charge on any atom is -0.374 e. The third-order valence-electron chi connectivity index (χ3n) is 4.65. The van der Waals surface area contributed by atoms with Crippen LogP contribution < -0.4 is 0 Å². The van der Waals surface area contributed by atoms with Gasteiger partial charge in [0.15, 0.2) is 5.67 Å². The van der Waals surface area contributed by atoms with E-state index in [4.69, 9.17) is 5.11 Å². The zero-order valence-electron chi connectivity index (χ0n) is 11.3. The topological polar surface area (TPSA) is 20.2 Å². The molecule has 0 heterocycles. The van der Waals surface area contributed by atoms with Crippen molar-refractivity contribution in [1.82, 2.24) is 0 Å². The standard InChI is InChI=1S/C12H9F11O/c13-7(4-8(24,10(15,16)17)11(18,19)20)5-1-2-6(3-5)9(7,14)12(21,22)23/h1-2,5-6,24H,3-4H2. The van der Waals surface area contributed by atoms with Gasteiger partial charge in [0, 0.05) is 18.3 Å². The highest BCUT2D eigenvalue weighted by Gasteiger charge is 2.84. The average Bonchev–Trinajstić information content (AvgIpc) is 2.88. The van der Waals surface area contributed by atoms with Crippen LogP contribution in [0.15, 0.2) is 12.2 Å². The maximum absolute atomic E-state index is 14.8. The lowest BCUT2D eigenvalue weighted by Gasteiger charge is -2.45. The number of rotatable bonds is 2. The zero-order valence-corrected chi connectivity index (χ0v) is 11.3. The van der Waals surface area contributed by atoms with Crippen LogP contribution in [0.5, 0.6) is 0 Å². The summed E-state index contributed by atoms with van der Waals surface area (Å²) < 4.78 is 144. The van der Waals surface area contributed by atoms with Crippen LogP contribution >= 0.6 is 0 Å². The van der Waals surface area contributed by atoms with Gasteiger partial charge in [0.25, 0.3) is 5.60 Å². The molecule has 4 atom stereocenters. The Morgan fingerprint density at radius 3 is 1.62 bits per heavy atom. The number of alkyl halides is 11. The van der Waals surface area contributed by atoms with Crippen molar-refractivity contribution in [1.29, 1.82) is 0 Å². The first-order chi connectivity index (χ1) is 10.4. The number of fused-ring (bicyclic) bond motifs is 2. The Morgan fingerprint density at radius 1 is 0.833 bits per heavy atom. The van der Waals surface area contributed by atoms with Crippen LogP contribution in [0.25, 0.3) is 0 Å². The fourth-order valence-electron chi connectivity index (χ4n) is 3.35. The average molecular weight is 378 g/mol. The Hall–Kier alpha value is -1.07. The molecule has 2 rings (SSSR count). The molecule has 0 aliphatic heterocycles. The van der Waals surface area contributed by atoms with Gasteiger partial charge in [0.2, 0.25) is 5.67 Å². The third kappa shape index (κ3) is 2.17. The normalized spacial score (nSPS) is 37.3. The minimum atomic E-state index is -6.55. The summed E-state index contributed by atoms with van der Waals surface area (Å²) in [5, 5.41) is 8.99. The summed E-state index contributed by atoms with van der Waals surface area (Å²) in [5.74, 6) is -4.44. The van der Waals surface area contributed by atoms with Gasteiger partial charge in [-0.3, -0.25) is 0 Å². The molecule has 0 radical (unpaired) electrons. The fraction of sp³-hybridized carbons (Fsp3) is 0.833. The van der Waals surface area contributed by atoms with Gasteiger partial charge < -0.3 is 5.11 Å². The van der Waals surface area contributed by atoms with Crippen molar-refractivity contribution >= 4 is 0 Å².